The Morgan fingerprint density at radius 3 is 2.78 bits per heavy atom. The summed E-state index contributed by atoms with van der Waals surface area (Å²) in [6.07, 6.45) is 3.82. The van der Waals surface area contributed by atoms with Gasteiger partial charge in [0.05, 0.1) is 17.9 Å². The molecule has 1 saturated heterocycles. The molecule has 166 valence electrons. The Labute approximate surface area is 183 Å². The van der Waals surface area contributed by atoms with Crippen LogP contribution in [0, 0.1) is 17.3 Å². The van der Waals surface area contributed by atoms with E-state index in [1.54, 1.807) is 13.1 Å². The van der Waals surface area contributed by atoms with Crippen LogP contribution in [0.1, 0.15) is 40.3 Å². The molecule has 1 aliphatic heterocycles. The number of halogens is 2. The number of H-pyrrole nitrogens is 1. The van der Waals surface area contributed by atoms with Gasteiger partial charge in [0.25, 0.3) is 11.8 Å². The van der Waals surface area contributed by atoms with E-state index < -0.39 is 23.2 Å². The summed E-state index contributed by atoms with van der Waals surface area (Å²) in [5.41, 5.74) is 2.14. The monoisotopic (exact) mass is 438 g/mol. The molecule has 32 heavy (non-hydrogen) atoms. The maximum Gasteiger partial charge on any atom is 0.276 e. The largest absolute Gasteiger partial charge is 0.318 e. The lowest BCUT2D eigenvalue weighted by Crippen LogP contribution is -2.47. The van der Waals surface area contributed by atoms with Gasteiger partial charge in [-0.2, -0.15) is 10.2 Å². The Morgan fingerprint density at radius 1 is 1.28 bits per heavy atom. The van der Waals surface area contributed by atoms with Crippen molar-refractivity contribution in [2.24, 2.45) is 17.3 Å². The number of rotatable bonds is 5. The number of carbonyl (C=O) groups is 1. The lowest BCUT2D eigenvalue weighted by molar-refractivity contribution is 0.0631. The summed E-state index contributed by atoms with van der Waals surface area (Å²) in [6, 6.07) is 10.2. The van der Waals surface area contributed by atoms with Crippen LogP contribution in [0.3, 0.4) is 0 Å². The van der Waals surface area contributed by atoms with Crippen molar-refractivity contribution in [3.63, 3.8) is 0 Å². The van der Waals surface area contributed by atoms with Gasteiger partial charge in [0, 0.05) is 54.2 Å². The van der Waals surface area contributed by atoms with E-state index in [1.165, 1.54) is 0 Å². The highest BCUT2D eigenvalue weighted by atomic mass is 19.3. The van der Waals surface area contributed by atoms with Crippen LogP contribution in [-0.2, 0) is 12.8 Å². The van der Waals surface area contributed by atoms with Gasteiger partial charge < -0.3 is 10.6 Å². The van der Waals surface area contributed by atoms with Crippen molar-refractivity contribution in [2.45, 2.75) is 31.7 Å². The van der Waals surface area contributed by atoms with E-state index in [1.807, 2.05) is 29.1 Å². The number of alkyl halides is 2. The molecule has 3 aromatic rings. The summed E-state index contributed by atoms with van der Waals surface area (Å²) in [5.74, 6) is -3.41. The quantitative estimate of drug-likeness (QED) is 0.572. The number of aromatic nitrogens is 4. The number of fused-ring (bicyclic) bond motifs is 2. The number of nitrogens with zero attached hydrogens (tertiary/aromatic N) is 3. The first kappa shape index (κ1) is 19.6. The number of amides is 1. The first-order valence-corrected chi connectivity index (χ1v) is 10.9. The number of aromatic amines is 1. The van der Waals surface area contributed by atoms with Crippen LogP contribution < -0.4 is 10.6 Å². The van der Waals surface area contributed by atoms with E-state index in [4.69, 9.17) is 0 Å². The normalized spacial score (nSPS) is 26.5. The molecule has 2 fully saturated rings. The van der Waals surface area contributed by atoms with Gasteiger partial charge in [-0.3, -0.25) is 14.6 Å². The molecule has 1 saturated carbocycles. The van der Waals surface area contributed by atoms with Gasteiger partial charge in [0.15, 0.2) is 5.69 Å². The number of anilines is 1. The third-order valence-corrected chi connectivity index (χ3v) is 7.55. The molecule has 0 bridgehead atoms. The van der Waals surface area contributed by atoms with Gasteiger partial charge in [0.2, 0.25) is 0 Å². The first-order chi connectivity index (χ1) is 15.4. The van der Waals surface area contributed by atoms with Crippen molar-refractivity contribution < 1.29 is 13.6 Å². The minimum absolute atomic E-state index is 0.0658. The Bertz CT molecular complexity index is 1180. The molecule has 6 rings (SSSR count). The lowest BCUT2D eigenvalue weighted by Gasteiger charge is -2.35. The topological polar surface area (TPSA) is 87.6 Å². The Hall–Kier alpha value is -3.07. The van der Waals surface area contributed by atoms with Crippen molar-refractivity contribution in [1.29, 1.82) is 0 Å². The van der Waals surface area contributed by atoms with Gasteiger partial charge in [-0.15, -0.1) is 0 Å². The van der Waals surface area contributed by atoms with Crippen molar-refractivity contribution in [3.05, 3.63) is 65.2 Å². The molecule has 0 spiro atoms. The number of carbonyl (C=O) groups excluding carboxylic acids is 1. The van der Waals surface area contributed by atoms with Crippen LogP contribution >= 0.6 is 0 Å². The summed E-state index contributed by atoms with van der Waals surface area (Å²) < 4.78 is 30.2. The predicted molar refractivity (Wildman–Crippen MR) is 114 cm³/mol. The van der Waals surface area contributed by atoms with Crippen molar-refractivity contribution in [1.82, 2.24) is 25.3 Å². The molecule has 3 atom stereocenters. The number of hydrogen-bond acceptors (Lipinski definition) is 4. The van der Waals surface area contributed by atoms with E-state index in [9.17, 15) is 13.6 Å². The Balaban J connectivity index is 1.22. The average molecular weight is 438 g/mol. The fourth-order valence-electron chi connectivity index (χ4n) is 5.37. The molecule has 3 aliphatic rings. The van der Waals surface area contributed by atoms with Crippen LogP contribution in [0.15, 0.2) is 42.7 Å². The average Bonchev–Trinajstić information content (AvgIpc) is 3.17. The van der Waals surface area contributed by atoms with Gasteiger partial charge in [-0.25, -0.2) is 8.78 Å². The molecule has 1 amide bonds. The second kappa shape index (κ2) is 6.71. The van der Waals surface area contributed by atoms with Gasteiger partial charge in [-0.1, -0.05) is 37.3 Å². The maximum atomic E-state index is 14.2. The Morgan fingerprint density at radius 2 is 2.06 bits per heavy atom. The molecule has 0 radical (unpaired) electrons. The summed E-state index contributed by atoms with van der Waals surface area (Å²) >= 11 is 0. The molecule has 2 aliphatic carbocycles. The van der Waals surface area contributed by atoms with E-state index in [2.05, 4.69) is 38.1 Å². The second-order valence-electron chi connectivity index (χ2n) is 9.44. The third-order valence-electron chi connectivity index (χ3n) is 7.55. The fourth-order valence-corrected chi connectivity index (χ4v) is 5.37. The predicted octanol–water partition coefficient (Wildman–Crippen LogP) is 3.04. The molecule has 3 N–H and O–H groups in total. The lowest BCUT2D eigenvalue weighted by atomic mass is 9.87. The Kier molecular flexibility index (Phi) is 4.11. The zero-order chi connectivity index (χ0) is 22.1. The fraction of sp³-hybridized carbons (Fsp3) is 0.435. The number of hydrogen-bond donors (Lipinski definition) is 3. The molecule has 1 aromatic carbocycles. The summed E-state index contributed by atoms with van der Waals surface area (Å²) in [6.45, 7) is 3.42. The summed E-state index contributed by atoms with van der Waals surface area (Å²) in [5, 5.41) is 17.6. The van der Waals surface area contributed by atoms with Crippen LogP contribution in [0.2, 0.25) is 0 Å². The van der Waals surface area contributed by atoms with Crippen LogP contribution in [0.25, 0.3) is 0 Å². The SMILES string of the molecule is CC12Cc3[nH]nc(C(=O)Nc4cnn(C(c5ccccc5)C5CNC5)c4)c3CC1C2(F)F. The number of benzene rings is 1. The van der Waals surface area contributed by atoms with Crippen LogP contribution in [0.5, 0.6) is 0 Å². The van der Waals surface area contributed by atoms with E-state index in [0.29, 0.717) is 22.9 Å². The molecule has 7 nitrogen and oxygen atoms in total. The van der Waals surface area contributed by atoms with E-state index >= 15 is 0 Å². The summed E-state index contributed by atoms with van der Waals surface area (Å²) in [4.78, 5) is 12.9. The third kappa shape index (κ3) is 2.76. The molecule has 3 unspecified atom stereocenters. The van der Waals surface area contributed by atoms with Crippen LogP contribution in [0.4, 0.5) is 14.5 Å². The molecule has 2 aromatic heterocycles. The highest BCUT2D eigenvalue weighted by molar-refractivity contribution is 6.04. The zero-order valence-electron chi connectivity index (χ0n) is 17.6. The molecule has 3 heterocycles. The van der Waals surface area contributed by atoms with E-state index in [-0.39, 0.29) is 24.6 Å². The van der Waals surface area contributed by atoms with Crippen molar-refractivity contribution >= 4 is 11.6 Å². The highest BCUT2D eigenvalue weighted by Crippen LogP contribution is 2.70. The maximum absolute atomic E-state index is 14.2. The van der Waals surface area contributed by atoms with Crippen molar-refractivity contribution in [3.8, 4) is 0 Å². The van der Waals surface area contributed by atoms with Crippen LogP contribution in [-0.4, -0.2) is 44.9 Å². The van der Waals surface area contributed by atoms with E-state index in [0.717, 1.165) is 18.7 Å². The van der Waals surface area contributed by atoms with Crippen molar-refractivity contribution in [2.75, 3.05) is 18.4 Å². The first-order valence-electron chi connectivity index (χ1n) is 10.9. The smallest absolute Gasteiger partial charge is 0.276 e. The van der Waals surface area contributed by atoms with Gasteiger partial charge in [-0.05, 0) is 12.0 Å². The second-order valence-corrected chi connectivity index (χ2v) is 9.44. The molecular formula is C23H24F2N6O. The highest BCUT2D eigenvalue weighted by Gasteiger charge is 2.78. The van der Waals surface area contributed by atoms with Gasteiger partial charge in [0.1, 0.15) is 0 Å². The van der Waals surface area contributed by atoms with Gasteiger partial charge >= 0.3 is 0 Å². The molecular weight excluding hydrogens is 414 g/mol. The number of nitrogens with one attached hydrogen (secondary N) is 3. The molecule has 9 heteroatoms. The standard InChI is InChI=1S/C23H24F2N6O/c1-22-8-17-16(7-18(22)23(22,24)25)19(30-29-17)21(32)28-15-11-27-31(12-15)20(14-9-26-10-14)13-5-3-2-4-6-13/h2-6,11-12,14,18,20,26H,7-10H2,1H3,(H,28,32)(H,29,30). The minimum Gasteiger partial charge on any atom is -0.318 e. The summed E-state index contributed by atoms with van der Waals surface area (Å²) in [7, 11) is 0. The minimum atomic E-state index is -2.69. The zero-order valence-corrected chi connectivity index (χ0v) is 17.6.